The summed E-state index contributed by atoms with van der Waals surface area (Å²) in [5.74, 6) is 1.00. The largest absolute Gasteiger partial charge is 0.338 e. The Morgan fingerprint density at radius 2 is 2.28 bits per heavy atom. The minimum atomic E-state index is -0.00360. The number of benzene rings is 1. The number of likely N-dealkylation sites (tertiary alicyclic amines) is 1. The molecule has 1 aromatic rings. The maximum atomic E-state index is 12.4. The second kappa shape index (κ2) is 6.27. The van der Waals surface area contributed by atoms with E-state index in [0.717, 1.165) is 30.4 Å². The molecule has 1 fully saturated rings. The standard InChI is InChI=1S/C13H14BrCl2NO/c14-11-5-1-4-10(12(11)16)13(18)17-6-2-3-9(7-15)8-17/h1,4-5,9H,2-3,6-8H2. The predicted octanol–water partition coefficient (Wildman–Crippen LogP) is 4.19. The van der Waals surface area contributed by atoms with Crippen LogP contribution in [-0.2, 0) is 0 Å². The fourth-order valence-corrected chi connectivity index (χ4v) is 3.04. The molecule has 1 aliphatic rings. The molecule has 2 rings (SSSR count). The van der Waals surface area contributed by atoms with Crippen molar-refractivity contribution in [2.24, 2.45) is 5.92 Å². The van der Waals surface area contributed by atoms with Gasteiger partial charge in [-0.15, -0.1) is 11.6 Å². The van der Waals surface area contributed by atoms with Crippen LogP contribution in [0.3, 0.4) is 0 Å². The van der Waals surface area contributed by atoms with Crippen LogP contribution in [0.5, 0.6) is 0 Å². The molecule has 0 aromatic heterocycles. The molecule has 1 heterocycles. The zero-order chi connectivity index (χ0) is 13.1. The fraction of sp³-hybridized carbons (Fsp3) is 0.462. The van der Waals surface area contributed by atoms with Crippen molar-refractivity contribution in [2.45, 2.75) is 12.8 Å². The third-order valence-corrected chi connectivity index (χ3v) is 4.94. The molecule has 0 radical (unpaired) electrons. The first kappa shape index (κ1) is 14.2. The van der Waals surface area contributed by atoms with E-state index >= 15 is 0 Å². The number of carbonyl (C=O) groups is 1. The van der Waals surface area contributed by atoms with Crippen LogP contribution in [0, 0.1) is 5.92 Å². The Morgan fingerprint density at radius 3 is 3.00 bits per heavy atom. The molecule has 0 spiro atoms. The van der Waals surface area contributed by atoms with Gasteiger partial charge in [0.05, 0.1) is 10.6 Å². The number of carbonyl (C=O) groups excluding carboxylic acids is 1. The molecule has 2 nitrogen and oxygen atoms in total. The van der Waals surface area contributed by atoms with Crippen molar-refractivity contribution in [3.8, 4) is 0 Å². The number of halogens is 3. The van der Waals surface area contributed by atoms with Crippen molar-refractivity contribution in [1.82, 2.24) is 4.90 Å². The van der Waals surface area contributed by atoms with E-state index in [4.69, 9.17) is 23.2 Å². The molecular weight excluding hydrogens is 337 g/mol. The second-order valence-electron chi connectivity index (χ2n) is 4.52. The van der Waals surface area contributed by atoms with Crippen LogP contribution in [0.2, 0.25) is 5.02 Å². The van der Waals surface area contributed by atoms with E-state index in [1.54, 1.807) is 6.07 Å². The average molecular weight is 351 g/mol. The minimum Gasteiger partial charge on any atom is -0.338 e. The summed E-state index contributed by atoms with van der Waals surface area (Å²) in [4.78, 5) is 14.3. The molecular formula is C13H14BrCl2NO. The van der Waals surface area contributed by atoms with Gasteiger partial charge >= 0.3 is 0 Å². The number of hydrogen-bond acceptors (Lipinski definition) is 1. The third-order valence-electron chi connectivity index (χ3n) is 3.21. The lowest BCUT2D eigenvalue weighted by molar-refractivity contribution is 0.0685. The quantitative estimate of drug-likeness (QED) is 0.732. The van der Waals surface area contributed by atoms with E-state index in [2.05, 4.69) is 15.9 Å². The number of nitrogens with zero attached hydrogens (tertiary/aromatic N) is 1. The van der Waals surface area contributed by atoms with Crippen molar-refractivity contribution >= 4 is 45.0 Å². The van der Waals surface area contributed by atoms with Gasteiger partial charge in [-0.3, -0.25) is 4.79 Å². The van der Waals surface area contributed by atoms with Gasteiger partial charge in [0.1, 0.15) is 0 Å². The van der Waals surface area contributed by atoms with Crippen molar-refractivity contribution < 1.29 is 4.79 Å². The number of alkyl halides is 1. The number of hydrogen-bond donors (Lipinski definition) is 0. The van der Waals surface area contributed by atoms with Gasteiger partial charge in [-0.05, 0) is 46.8 Å². The molecule has 98 valence electrons. The topological polar surface area (TPSA) is 20.3 Å². The van der Waals surface area contributed by atoms with Crippen LogP contribution in [-0.4, -0.2) is 29.8 Å². The van der Waals surface area contributed by atoms with Gasteiger partial charge in [-0.1, -0.05) is 17.7 Å². The lowest BCUT2D eigenvalue weighted by Crippen LogP contribution is -2.40. The van der Waals surface area contributed by atoms with Gasteiger partial charge in [0.15, 0.2) is 0 Å². The van der Waals surface area contributed by atoms with E-state index in [0.29, 0.717) is 22.4 Å². The van der Waals surface area contributed by atoms with Crippen LogP contribution in [0.1, 0.15) is 23.2 Å². The normalized spacial score (nSPS) is 19.9. The van der Waals surface area contributed by atoms with E-state index < -0.39 is 0 Å². The van der Waals surface area contributed by atoms with Crippen LogP contribution in [0.15, 0.2) is 22.7 Å². The summed E-state index contributed by atoms with van der Waals surface area (Å²) in [6.45, 7) is 1.51. The van der Waals surface area contributed by atoms with Gasteiger partial charge < -0.3 is 4.90 Å². The molecule has 1 aromatic carbocycles. The molecule has 18 heavy (non-hydrogen) atoms. The fourth-order valence-electron chi connectivity index (χ4n) is 2.21. The molecule has 5 heteroatoms. The highest BCUT2D eigenvalue weighted by atomic mass is 79.9. The van der Waals surface area contributed by atoms with E-state index in [-0.39, 0.29) is 5.91 Å². The molecule has 1 unspecified atom stereocenters. The lowest BCUT2D eigenvalue weighted by atomic mass is 9.99. The third kappa shape index (κ3) is 3.01. The summed E-state index contributed by atoms with van der Waals surface area (Å²) < 4.78 is 0.751. The number of piperidine rings is 1. The van der Waals surface area contributed by atoms with Crippen LogP contribution in [0.25, 0.3) is 0 Å². The van der Waals surface area contributed by atoms with Crippen molar-refractivity contribution in [1.29, 1.82) is 0 Å². The van der Waals surface area contributed by atoms with Gasteiger partial charge in [0.25, 0.3) is 5.91 Å². The Bertz CT molecular complexity index is 453. The zero-order valence-electron chi connectivity index (χ0n) is 9.83. The summed E-state index contributed by atoms with van der Waals surface area (Å²) in [6.07, 6.45) is 2.11. The van der Waals surface area contributed by atoms with Crippen LogP contribution >= 0.6 is 39.1 Å². The Labute approximate surface area is 125 Å². The maximum absolute atomic E-state index is 12.4. The number of amides is 1. The summed E-state index contributed by atoms with van der Waals surface area (Å²) >= 11 is 15.4. The zero-order valence-corrected chi connectivity index (χ0v) is 12.9. The minimum absolute atomic E-state index is 0.00360. The van der Waals surface area contributed by atoms with Gasteiger partial charge in [0, 0.05) is 23.4 Å². The molecule has 0 aliphatic carbocycles. The van der Waals surface area contributed by atoms with Gasteiger partial charge in [-0.2, -0.15) is 0 Å². The first-order chi connectivity index (χ1) is 8.63. The SMILES string of the molecule is O=C(c1cccc(Br)c1Cl)N1CCCC(CCl)C1. The average Bonchev–Trinajstić information content (AvgIpc) is 2.41. The summed E-state index contributed by atoms with van der Waals surface area (Å²) in [6, 6.07) is 5.42. The molecule has 0 bridgehead atoms. The number of rotatable bonds is 2. The van der Waals surface area contributed by atoms with Gasteiger partial charge in [0.2, 0.25) is 0 Å². The van der Waals surface area contributed by atoms with Gasteiger partial charge in [-0.25, -0.2) is 0 Å². The predicted molar refractivity (Wildman–Crippen MR) is 78.5 cm³/mol. The molecule has 1 aliphatic heterocycles. The summed E-state index contributed by atoms with van der Waals surface area (Å²) in [5, 5.41) is 0.482. The Balaban J connectivity index is 2.18. The molecule has 1 saturated heterocycles. The molecule has 0 saturated carbocycles. The summed E-state index contributed by atoms with van der Waals surface area (Å²) in [5.41, 5.74) is 0.557. The Morgan fingerprint density at radius 1 is 1.50 bits per heavy atom. The monoisotopic (exact) mass is 349 g/mol. The smallest absolute Gasteiger partial charge is 0.255 e. The summed E-state index contributed by atoms with van der Waals surface area (Å²) in [7, 11) is 0. The van der Waals surface area contributed by atoms with E-state index in [1.165, 1.54) is 0 Å². The van der Waals surface area contributed by atoms with Crippen molar-refractivity contribution in [3.05, 3.63) is 33.3 Å². The van der Waals surface area contributed by atoms with Crippen LogP contribution in [0.4, 0.5) is 0 Å². The van der Waals surface area contributed by atoms with E-state index in [1.807, 2.05) is 17.0 Å². The Hall–Kier alpha value is -0.250. The molecule has 1 amide bonds. The lowest BCUT2D eigenvalue weighted by Gasteiger charge is -2.32. The highest BCUT2D eigenvalue weighted by molar-refractivity contribution is 9.10. The van der Waals surface area contributed by atoms with Crippen molar-refractivity contribution in [2.75, 3.05) is 19.0 Å². The highest BCUT2D eigenvalue weighted by Gasteiger charge is 2.25. The first-order valence-corrected chi connectivity index (χ1v) is 7.63. The highest BCUT2D eigenvalue weighted by Crippen LogP contribution is 2.28. The molecule has 1 atom stereocenters. The maximum Gasteiger partial charge on any atom is 0.255 e. The van der Waals surface area contributed by atoms with E-state index in [9.17, 15) is 4.79 Å². The Kier molecular flexibility index (Phi) is 4.93. The second-order valence-corrected chi connectivity index (χ2v) is 6.06. The molecule has 0 N–H and O–H groups in total. The van der Waals surface area contributed by atoms with Crippen molar-refractivity contribution in [3.63, 3.8) is 0 Å². The first-order valence-electron chi connectivity index (χ1n) is 5.92. The van der Waals surface area contributed by atoms with Crippen LogP contribution < -0.4 is 0 Å².